The average Bonchev–Trinajstić information content (AvgIpc) is 3.15. The molecule has 0 saturated carbocycles. The molecule has 0 radical (unpaired) electrons. The lowest BCUT2D eigenvalue weighted by Crippen LogP contribution is -2.39. The number of hydrogen-bond acceptors (Lipinski definition) is 4. The van der Waals surface area contributed by atoms with Gasteiger partial charge in [-0.1, -0.05) is 29.3 Å². The number of piperidine rings is 1. The highest BCUT2D eigenvalue weighted by Gasteiger charge is 2.25. The molecular formula is C22H26ClN5O. The first kappa shape index (κ1) is 19.9. The summed E-state index contributed by atoms with van der Waals surface area (Å²) in [6, 6.07) is 8.51. The van der Waals surface area contributed by atoms with E-state index in [-0.39, 0.29) is 5.91 Å². The van der Waals surface area contributed by atoms with Crippen LogP contribution in [0.2, 0.25) is 5.02 Å². The van der Waals surface area contributed by atoms with Gasteiger partial charge in [0.15, 0.2) is 5.65 Å². The molecule has 1 aliphatic heterocycles. The Hall–Kier alpha value is -2.44. The number of hydrogen-bond donors (Lipinski definition) is 1. The van der Waals surface area contributed by atoms with Crippen LogP contribution >= 0.6 is 11.6 Å². The zero-order valence-electron chi connectivity index (χ0n) is 17.0. The largest absolute Gasteiger partial charge is 0.322 e. The molecule has 1 aromatic carbocycles. The van der Waals surface area contributed by atoms with Crippen molar-refractivity contribution < 1.29 is 4.79 Å². The molecule has 0 unspecified atom stereocenters. The van der Waals surface area contributed by atoms with E-state index in [9.17, 15) is 4.79 Å². The summed E-state index contributed by atoms with van der Waals surface area (Å²) in [5.74, 6) is -0.272. The highest BCUT2D eigenvalue weighted by molar-refractivity contribution is 6.38. The quantitative estimate of drug-likeness (QED) is 0.676. The number of fused-ring (bicyclic) bond motifs is 1. The molecule has 1 amide bonds. The number of carbonyl (C=O) groups is 1. The van der Waals surface area contributed by atoms with Crippen LogP contribution in [-0.2, 0) is 0 Å². The molecule has 0 atom stereocenters. The molecule has 0 spiro atoms. The fraction of sp³-hybridized carbons (Fsp3) is 0.409. The first-order chi connectivity index (χ1) is 13.9. The summed E-state index contributed by atoms with van der Waals surface area (Å²) in [5.41, 5.74) is 2.96. The van der Waals surface area contributed by atoms with Gasteiger partial charge >= 0.3 is 0 Å². The van der Waals surface area contributed by atoms with Gasteiger partial charge in [-0.25, -0.2) is 9.67 Å². The van der Waals surface area contributed by atoms with Crippen molar-refractivity contribution in [1.82, 2.24) is 19.7 Å². The van der Waals surface area contributed by atoms with Crippen molar-refractivity contribution in [1.29, 1.82) is 0 Å². The Morgan fingerprint density at radius 2 is 1.86 bits per heavy atom. The molecule has 1 saturated heterocycles. The summed E-state index contributed by atoms with van der Waals surface area (Å²) >= 11 is 6.58. The molecule has 3 heterocycles. The molecular weight excluding hydrogens is 386 g/mol. The van der Waals surface area contributed by atoms with E-state index in [4.69, 9.17) is 11.6 Å². The summed E-state index contributed by atoms with van der Waals surface area (Å²) in [4.78, 5) is 19.7. The van der Waals surface area contributed by atoms with Crippen LogP contribution in [-0.4, -0.2) is 44.7 Å². The summed E-state index contributed by atoms with van der Waals surface area (Å²) in [6.07, 6.45) is 5.34. The predicted molar refractivity (Wildman–Crippen MR) is 117 cm³/mol. The van der Waals surface area contributed by atoms with Crippen LogP contribution < -0.4 is 5.32 Å². The number of aryl methyl sites for hydroxylation is 1. The highest BCUT2D eigenvalue weighted by Crippen LogP contribution is 2.31. The minimum atomic E-state index is -0.272. The van der Waals surface area contributed by atoms with Crippen LogP contribution in [0.25, 0.3) is 11.0 Å². The van der Waals surface area contributed by atoms with Crippen molar-refractivity contribution in [3.63, 3.8) is 0 Å². The second-order valence-electron chi connectivity index (χ2n) is 7.99. The number of likely N-dealkylation sites (tertiary alicyclic amines) is 1. The molecule has 7 heteroatoms. The second kappa shape index (κ2) is 8.13. The van der Waals surface area contributed by atoms with Crippen LogP contribution in [0.1, 0.15) is 48.7 Å². The standard InChI is InChI=1S/C22H26ClN5O/c1-14(2)27-10-8-17(9-11-27)28-21-18(13-25-28)20(23)19(12-24-21)22(29)26-16-6-4-15(3)5-7-16/h4-7,12-14,17H,8-11H2,1-3H3,(H,26,29). The Morgan fingerprint density at radius 1 is 1.17 bits per heavy atom. The van der Waals surface area contributed by atoms with Gasteiger partial charge in [0.2, 0.25) is 0 Å². The molecule has 1 fully saturated rings. The molecule has 1 aliphatic rings. The zero-order valence-corrected chi connectivity index (χ0v) is 17.8. The zero-order chi connectivity index (χ0) is 20.5. The third-order valence-electron chi connectivity index (χ3n) is 5.69. The molecule has 3 aromatic rings. The van der Waals surface area contributed by atoms with E-state index in [1.165, 1.54) is 0 Å². The van der Waals surface area contributed by atoms with Gasteiger partial charge in [-0.3, -0.25) is 4.79 Å². The van der Waals surface area contributed by atoms with E-state index >= 15 is 0 Å². The number of halogens is 1. The number of anilines is 1. The Bertz CT molecular complexity index is 1020. The van der Waals surface area contributed by atoms with Gasteiger partial charge in [0, 0.05) is 31.0 Å². The van der Waals surface area contributed by atoms with Gasteiger partial charge in [0.1, 0.15) is 0 Å². The second-order valence-corrected chi connectivity index (χ2v) is 8.37. The normalized spacial score (nSPS) is 15.9. The maximum Gasteiger partial charge on any atom is 0.258 e. The molecule has 29 heavy (non-hydrogen) atoms. The lowest BCUT2D eigenvalue weighted by atomic mass is 10.0. The maximum atomic E-state index is 12.7. The minimum Gasteiger partial charge on any atom is -0.322 e. The van der Waals surface area contributed by atoms with Crippen molar-refractivity contribution in [3.05, 3.63) is 52.8 Å². The average molecular weight is 412 g/mol. The first-order valence-corrected chi connectivity index (χ1v) is 10.5. The lowest BCUT2D eigenvalue weighted by Gasteiger charge is -2.34. The number of pyridine rings is 1. The Balaban J connectivity index is 1.56. The van der Waals surface area contributed by atoms with Crippen molar-refractivity contribution in [3.8, 4) is 0 Å². The van der Waals surface area contributed by atoms with Gasteiger partial charge in [-0.05, 0) is 45.7 Å². The Morgan fingerprint density at radius 3 is 2.52 bits per heavy atom. The van der Waals surface area contributed by atoms with E-state index in [1.807, 2.05) is 35.9 Å². The fourth-order valence-electron chi connectivity index (χ4n) is 3.87. The van der Waals surface area contributed by atoms with Gasteiger partial charge in [-0.15, -0.1) is 0 Å². The number of nitrogens with zero attached hydrogens (tertiary/aromatic N) is 4. The molecule has 0 aliphatic carbocycles. The predicted octanol–water partition coefficient (Wildman–Crippen LogP) is 4.69. The van der Waals surface area contributed by atoms with E-state index in [0.29, 0.717) is 22.7 Å². The number of amides is 1. The molecule has 6 nitrogen and oxygen atoms in total. The van der Waals surface area contributed by atoms with Crippen LogP contribution in [0.4, 0.5) is 5.69 Å². The molecule has 0 bridgehead atoms. The summed E-state index contributed by atoms with van der Waals surface area (Å²) in [5, 5.41) is 8.55. The summed E-state index contributed by atoms with van der Waals surface area (Å²) in [6.45, 7) is 8.57. The summed E-state index contributed by atoms with van der Waals surface area (Å²) in [7, 11) is 0. The molecule has 2 aromatic heterocycles. The number of aromatic nitrogens is 3. The molecule has 4 rings (SSSR count). The smallest absolute Gasteiger partial charge is 0.258 e. The van der Waals surface area contributed by atoms with E-state index in [2.05, 4.69) is 34.1 Å². The lowest BCUT2D eigenvalue weighted by molar-refractivity contribution is 0.102. The fourth-order valence-corrected chi connectivity index (χ4v) is 4.14. The third kappa shape index (κ3) is 4.00. The van der Waals surface area contributed by atoms with Gasteiger partial charge < -0.3 is 10.2 Å². The van der Waals surface area contributed by atoms with E-state index in [0.717, 1.165) is 48.2 Å². The van der Waals surface area contributed by atoms with Crippen LogP contribution in [0.5, 0.6) is 0 Å². The van der Waals surface area contributed by atoms with Gasteiger partial charge in [-0.2, -0.15) is 5.10 Å². The summed E-state index contributed by atoms with van der Waals surface area (Å²) < 4.78 is 1.97. The highest BCUT2D eigenvalue weighted by atomic mass is 35.5. The number of nitrogens with one attached hydrogen (secondary N) is 1. The minimum absolute atomic E-state index is 0.272. The Labute approximate surface area is 175 Å². The van der Waals surface area contributed by atoms with Gasteiger partial charge in [0.05, 0.1) is 28.2 Å². The number of rotatable bonds is 4. The maximum absolute atomic E-state index is 12.7. The monoisotopic (exact) mass is 411 g/mol. The van der Waals surface area contributed by atoms with Crippen LogP contribution in [0, 0.1) is 6.92 Å². The van der Waals surface area contributed by atoms with Crippen molar-refractivity contribution >= 4 is 34.2 Å². The Kier molecular flexibility index (Phi) is 5.56. The van der Waals surface area contributed by atoms with Crippen molar-refractivity contribution in [2.75, 3.05) is 18.4 Å². The van der Waals surface area contributed by atoms with Crippen LogP contribution in [0.3, 0.4) is 0 Å². The van der Waals surface area contributed by atoms with E-state index < -0.39 is 0 Å². The topological polar surface area (TPSA) is 63.1 Å². The van der Waals surface area contributed by atoms with Crippen molar-refractivity contribution in [2.24, 2.45) is 0 Å². The third-order valence-corrected chi connectivity index (χ3v) is 6.09. The van der Waals surface area contributed by atoms with E-state index in [1.54, 1.807) is 12.4 Å². The van der Waals surface area contributed by atoms with Crippen LogP contribution in [0.15, 0.2) is 36.7 Å². The SMILES string of the molecule is Cc1ccc(NC(=O)c2cnc3c(cnn3C3CCN(C(C)C)CC3)c2Cl)cc1. The molecule has 1 N–H and O–H groups in total. The number of carbonyl (C=O) groups excluding carboxylic acids is 1. The number of benzene rings is 1. The van der Waals surface area contributed by atoms with Crippen molar-refractivity contribution in [2.45, 2.75) is 45.7 Å². The molecule has 152 valence electrons. The van der Waals surface area contributed by atoms with Gasteiger partial charge in [0.25, 0.3) is 5.91 Å². The first-order valence-electron chi connectivity index (χ1n) is 10.1.